The van der Waals surface area contributed by atoms with Gasteiger partial charge in [-0.25, -0.2) is 0 Å². The van der Waals surface area contributed by atoms with E-state index in [0.29, 0.717) is 0 Å². The van der Waals surface area contributed by atoms with Gasteiger partial charge in [-0.2, -0.15) is 0 Å². The first kappa shape index (κ1) is 13.5. The average molecular weight is 280 g/mol. The SMILES string of the molecule is COc1c(Cl)cc([N+](=O)[O-])c(Cl)c1CC(=O)O. The Morgan fingerprint density at radius 3 is 2.59 bits per heavy atom. The molecule has 0 saturated heterocycles. The summed E-state index contributed by atoms with van der Waals surface area (Å²) in [7, 11) is 1.27. The molecule has 0 aliphatic carbocycles. The van der Waals surface area contributed by atoms with Gasteiger partial charge >= 0.3 is 5.97 Å². The summed E-state index contributed by atoms with van der Waals surface area (Å²) in [5.41, 5.74) is -0.463. The monoisotopic (exact) mass is 279 g/mol. The smallest absolute Gasteiger partial charge is 0.308 e. The van der Waals surface area contributed by atoms with Gasteiger partial charge in [0.1, 0.15) is 10.8 Å². The normalized spacial score (nSPS) is 10.1. The number of halogens is 2. The fourth-order valence-electron chi connectivity index (χ4n) is 1.31. The number of hydrogen-bond acceptors (Lipinski definition) is 4. The van der Waals surface area contributed by atoms with Crippen molar-refractivity contribution in [2.24, 2.45) is 0 Å². The van der Waals surface area contributed by atoms with Crippen molar-refractivity contribution in [1.29, 1.82) is 0 Å². The van der Waals surface area contributed by atoms with Crippen LogP contribution in [0.4, 0.5) is 5.69 Å². The lowest BCUT2D eigenvalue weighted by Gasteiger charge is -2.10. The summed E-state index contributed by atoms with van der Waals surface area (Å²) < 4.78 is 4.89. The Kier molecular flexibility index (Phi) is 4.14. The molecule has 0 spiro atoms. The van der Waals surface area contributed by atoms with Gasteiger partial charge in [0.15, 0.2) is 0 Å². The van der Waals surface area contributed by atoms with Crippen LogP contribution in [-0.4, -0.2) is 23.1 Å². The minimum atomic E-state index is -1.19. The van der Waals surface area contributed by atoms with Crippen LogP contribution in [0.3, 0.4) is 0 Å². The molecule has 0 aromatic heterocycles. The Morgan fingerprint density at radius 1 is 1.59 bits per heavy atom. The molecule has 0 fully saturated rings. The second-order valence-corrected chi connectivity index (χ2v) is 3.82. The molecule has 1 aromatic carbocycles. The fourth-order valence-corrected chi connectivity index (χ4v) is 1.88. The number of carboxylic acid groups (broad SMARTS) is 1. The standard InChI is InChI=1S/C9H7Cl2NO5/c1-17-9-4(2-7(13)14)8(11)6(12(15)16)3-5(9)10/h3H,2H2,1H3,(H,13,14). The van der Waals surface area contributed by atoms with Crippen molar-refractivity contribution < 1.29 is 19.6 Å². The molecule has 1 N–H and O–H groups in total. The van der Waals surface area contributed by atoms with Crippen molar-refractivity contribution in [2.45, 2.75) is 6.42 Å². The number of carboxylic acids is 1. The third kappa shape index (κ3) is 2.78. The highest BCUT2D eigenvalue weighted by Gasteiger charge is 2.24. The summed E-state index contributed by atoms with van der Waals surface area (Å²) in [6.07, 6.45) is -0.511. The van der Waals surface area contributed by atoms with Crippen LogP contribution in [0.5, 0.6) is 5.75 Å². The van der Waals surface area contributed by atoms with Gasteiger partial charge < -0.3 is 9.84 Å². The van der Waals surface area contributed by atoms with E-state index in [0.717, 1.165) is 6.07 Å². The van der Waals surface area contributed by atoms with E-state index in [1.165, 1.54) is 7.11 Å². The molecule has 0 atom stereocenters. The zero-order valence-electron chi connectivity index (χ0n) is 8.57. The number of rotatable bonds is 4. The number of benzene rings is 1. The van der Waals surface area contributed by atoms with Gasteiger partial charge in [0.05, 0.1) is 23.5 Å². The summed E-state index contributed by atoms with van der Waals surface area (Å²) in [4.78, 5) is 20.6. The molecule has 17 heavy (non-hydrogen) atoms. The molecule has 92 valence electrons. The Labute approximate surface area is 106 Å². The first-order chi connectivity index (χ1) is 7.88. The molecule has 0 bridgehead atoms. The number of aliphatic carboxylic acids is 1. The molecular weight excluding hydrogens is 273 g/mol. The molecule has 6 nitrogen and oxygen atoms in total. The Morgan fingerprint density at radius 2 is 2.18 bits per heavy atom. The number of methoxy groups -OCH3 is 1. The lowest BCUT2D eigenvalue weighted by atomic mass is 10.1. The first-order valence-electron chi connectivity index (χ1n) is 4.29. The molecular formula is C9H7Cl2NO5. The maximum absolute atomic E-state index is 10.7. The van der Waals surface area contributed by atoms with Crippen LogP contribution in [0.25, 0.3) is 0 Å². The second-order valence-electron chi connectivity index (χ2n) is 3.03. The maximum Gasteiger partial charge on any atom is 0.308 e. The molecule has 0 saturated carbocycles. The molecule has 0 radical (unpaired) electrons. The van der Waals surface area contributed by atoms with E-state index in [-0.39, 0.29) is 21.4 Å². The first-order valence-corrected chi connectivity index (χ1v) is 5.05. The van der Waals surface area contributed by atoms with Gasteiger partial charge in [0.25, 0.3) is 5.69 Å². The van der Waals surface area contributed by atoms with E-state index in [1.54, 1.807) is 0 Å². The van der Waals surface area contributed by atoms with Crippen LogP contribution >= 0.6 is 23.2 Å². The van der Waals surface area contributed by atoms with Crippen molar-refractivity contribution >= 4 is 34.9 Å². The Hall–Kier alpha value is -1.53. The molecule has 0 unspecified atom stereocenters. The van der Waals surface area contributed by atoms with E-state index in [1.807, 2.05) is 0 Å². The number of nitro benzene ring substituents is 1. The van der Waals surface area contributed by atoms with Gasteiger partial charge in [-0.05, 0) is 0 Å². The maximum atomic E-state index is 10.7. The van der Waals surface area contributed by atoms with Crippen molar-refractivity contribution in [3.8, 4) is 5.75 Å². The topological polar surface area (TPSA) is 89.7 Å². The van der Waals surface area contributed by atoms with Crippen molar-refractivity contribution in [3.63, 3.8) is 0 Å². The molecule has 0 aliphatic rings. The number of nitro groups is 1. The highest BCUT2D eigenvalue weighted by Crippen LogP contribution is 2.40. The van der Waals surface area contributed by atoms with Crippen LogP contribution in [0.15, 0.2) is 6.07 Å². The lowest BCUT2D eigenvalue weighted by molar-refractivity contribution is -0.384. The predicted octanol–water partition coefficient (Wildman–Crippen LogP) is 2.54. The van der Waals surface area contributed by atoms with Gasteiger partial charge in [-0.3, -0.25) is 14.9 Å². The van der Waals surface area contributed by atoms with Crippen LogP contribution in [0.1, 0.15) is 5.56 Å². The largest absolute Gasteiger partial charge is 0.495 e. The minimum absolute atomic E-state index is 0.0131. The van der Waals surface area contributed by atoms with Gasteiger partial charge in [0, 0.05) is 11.6 Å². The molecule has 1 aromatic rings. The van der Waals surface area contributed by atoms with Crippen LogP contribution in [0, 0.1) is 10.1 Å². The molecule has 8 heteroatoms. The average Bonchev–Trinajstić information content (AvgIpc) is 2.22. The van der Waals surface area contributed by atoms with E-state index < -0.39 is 23.0 Å². The number of hydrogen-bond donors (Lipinski definition) is 1. The summed E-state index contributed by atoms with van der Waals surface area (Å²) >= 11 is 11.5. The van der Waals surface area contributed by atoms with Crippen molar-refractivity contribution in [1.82, 2.24) is 0 Å². The quantitative estimate of drug-likeness (QED) is 0.676. The predicted molar refractivity (Wildman–Crippen MR) is 61.0 cm³/mol. The molecule has 0 amide bonds. The summed E-state index contributed by atoms with van der Waals surface area (Å²) in [6.45, 7) is 0. The van der Waals surface area contributed by atoms with Crippen LogP contribution < -0.4 is 4.74 Å². The van der Waals surface area contributed by atoms with E-state index in [2.05, 4.69) is 0 Å². The van der Waals surface area contributed by atoms with Gasteiger partial charge in [-0.15, -0.1) is 0 Å². The Balaban J connectivity index is 3.50. The summed E-state index contributed by atoms with van der Waals surface area (Å²) in [6, 6.07) is 1.02. The minimum Gasteiger partial charge on any atom is -0.495 e. The second kappa shape index (κ2) is 5.20. The van der Waals surface area contributed by atoms with E-state index >= 15 is 0 Å². The van der Waals surface area contributed by atoms with E-state index in [9.17, 15) is 14.9 Å². The zero-order valence-corrected chi connectivity index (χ0v) is 10.1. The van der Waals surface area contributed by atoms with Crippen molar-refractivity contribution in [2.75, 3.05) is 7.11 Å². The molecule has 0 aliphatic heterocycles. The van der Waals surface area contributed by atoms with E-state index in [4.69, 9.17) is 33.0 Å². The number of ether oxygens (including phenoxy) is 1. The zero-order chi connectivity index (χ0) is 13.2. The van der Waals surface area contributed by atoms with Gasteiger partial charge in [-0.1, -0.05) is 23.2 Å². The fraction of sp³-hybridized carbons (Fsp3) is 0.222. The Bertz CT molecular complexity index is 489. The number of carbonyl (C=O) groups is 1. The molecule has 0 heterocycles. The van der Waals surface area contributed by atoms with Crippen LogP contribution in [-0.2, 0) is 11.2 Å². The summed E-state index contributed by atoms with van der Waals surface area (Å²) in [5.74, 6) is -1.16. The molecule has 1 rings (SSSR count). The van der Waals surface area contributed by atoms with Crippen molar-refractivity contribution in [3.05, 3.63) is 31.8 Å². The third-order valence-electron chi connectivity index (χ3n) is 1.97. The van der Waals surface area contributed by atoms with Gasteiger partial charge in [0.2, 0.25) is 0 Å². The summed E-state index contributed by atoms with van der Waals surface area (Å²) in [5, 5.41) is 19.1. The highest BCUT2D eigenvalue weighted by molar-refractivity contribution is 6.36. The highest BCUT2D eigenvalue weighted by atomic mass is 35.5. The number of nitrogens with zero attached hydrogens (tertiary/aromatic N) is 1. The third-order valence-corrected chi connectivity index (χ3v) is 2.68. The van der Waals surface area contributed by atoms with Crippen LogP contribution in [0.2, 0.25) is 10.0 Å². The lowest BCUT2D eigenvalue weighted by Crippen LogP contribution is -2.05.